The minimum absolute atomic E-state index is 0.00335. The van der Waals surface area contributed by atoms with E-state index in [9.17, 15) is 14.7 Å². The Morgan fingerprint density at radius 2 is 1.81 bits per heavy atom. The van der Waals surface area contributed by atoms with Crippen molar-refractivity contribution in [1.29, 1.82) is 0 Å². The zero-order valence-corrected chi connectivity index (χ0v) is 15.6. The highest BCUT2D eigenvalue weighted by atomic mass is 16.4. The molecule has 1 aliphatic carbocycles. The molecule has 0 radical (unpaired) electrons. The van der Waals surface area contributed by atoms with E-state index < -0.39 is 17.8 Å². The third kappa shape index (κ3) is 3.82. The molecule has 2 aliphatic rings. The van der Waals surface area contributed by atoms with Crippen molar-refractivity contribution in [3.8, 4) is 0 Å². The van der Waals surface area contributed by atoms with Crippen molar-refractivity contribution in [1.82, 2.24) is 19.6 Å². The van der Waals surface area contributed by atoms with Crippen LogP contribution < -0.4 is 0 Å². The Kier molecular flexibility index (Phi) is 5.76. The third-order valence-corrected chi connectivity index (χ3v) is 5.65. The molecule has 0 spiro atoms. The van der Waals surface area contributed by atoms with Crippen LogP contribution in [0.25, 0.3) is 0 Å². The molecule has 2 atom stereocenters. The maximum atomic E-state index is 12.8. The molecule has 0 saturated carbocycles. The zero-order valence-electron chi connectivity index (χ0n) is 15.6. The van der Waals surface area contributed by atoms with Crippen molar-refractivity contribution in [3.05, 3.63) is 29.6 Å². The number of rotatable bonds is 5. The van der Waals surface area contributed by atoms with Crippen LogP contribution in [0.15, 0.2) is 18.3 Å². The second-order valence-electron chi connectivity index (χ2n) is 7.17. The van der Waals surface area contributed by atoms with Crippen LogP contribution in [0.4, 0.5) is 0 Å². The van der Waals surface area contributed by atoms with Gasteiger partial charge in [-0.15, -0.1) is 0 Å². The molecule has 1 amide bonds. The van der Waals surface area contributed by atoms with E-state index in [1.165, 1.54) is 11.3 Å². The predicted octanol–water partition coefficient (Wildman–Crippen LogP) is 1.52. The standard InChI is InChI=1S/C19H28N4O3/c1-3-23-14(2)15(12-20-23)13-21-8-10-22(11-9-21)18(24)16-6-4-5-7-17(16)19(25)26/h4-5,12,16-17H,3,6-11,13H2,1-2H3,(H,25,26)/t16-,17+/m0/s1. The Morgan fingerprint density at radius 3 is 2.38 bits per heavy atom. The number of piperazine rings is 1. The molecule has 2 heterocycles. The van der Waals surface area contributed by atoms with E-state index in [0.717, 1.165) is 26.2 Å². The van der Waals surface area contributed by atoms with Gasteiger partial charge in [-0.3, -0.25) is 19.2 Å². The summed E-state index contributed by atoms with van der Waals surface area (Å²) in [4.78, 5) is 28.5. The van der Waals surface area contributed by atoms with Crippen LogP contribution in [0.1, 0.15) is 31.0 Å². The minimum atomic E-state index is -0.866. The molecule has 0 aromatic carbocycles. The van der Waals surface area contributed by atoms with Crippen LogP contribution in [-0.2, 0) is 22.7 Å². The van der Waals surface area contributed by atoms with Gasteiger partial charge in [-0.1, -0.05) is 12.2 Å². The summed E-state index contributed by atoms with van der Waals surface area (Å²) in [5, 5.41) is 13.8. The molecule has 1 aromatic rings. The van der Waals surface area contributed by atoms with E-state index in [0.29, 0.717) is 25.9 Å². The molecule has 7 nitrogen and oxygen atoms in total. The summed E-state index contributed by atoms with van der Waals surface area (Å²) in [6, 6.07) is 0. The van der Waals surface area contributed by atoms with Gasteiger partial charge in [0.05, 0.1) is 18.0 Å². The number of nitrogens with zero attached hydrogens (tertiary/aromatic N) is 4. The SMILES string of the molecule is CCn1ncc(CN2CCN(C(=O)[C@H]3CC=CC[C@H]3C(=O)O)CC2)c1C. The molecule has 7 heteroatoms. The number of carboxylic acids is 1. The van der Waals surface area contributed by atoms with Crippen molar-refractivity contribution in [2.24, 2.45) is 11.8 Å². The number of aromatic nitrogens is 2. The first-order chi connectivity index (χ1) is 12.5. The van der Waals surface area contributed by atoms with E-state index in [-0.39, 0.29) is 5.91 Å². The molecular weight excluding hydrogens is 332 g/mol. The topological polar surface area (TPSA) is 78.7 Å². The second kappa shape index (κ2) is 8.03. The highest BCUT2D eigenvalue weighted by Gasteiger charge is 2.37. The summed E-state index contributed by atoms with van der Waals surface area (Å²) < 4.78 is 2.00. The van der Waals surface area contributed by atoms with Gasteiger partial charge in [0, 0.05) is 50.5 Å². The van der Waals surface area contributed by atoms with Crippen molar-refractivity contribution < 1.29 is 14.7 Å². The van der Waals surface area contributed by atoms with Gasteiger partial charge in [-0.25, -0.2) is 0 Å². The van der Waals surface area contributed by atoms with Crippen molar-refractivity contribution in [2.45, 2.75) is 39.8 Å². The number of amides is 1. The fourth-order valence-corrected chi connectivity index (χ4v) is 3.92. The van der Waals surface area contributed by atoms with Gasteiger partial charge >= 0.3 is 5.97 Å². The van der Waals surface area contributed by atoms with Gasteiger partial charge in [0.2, 0.25) is 5.91 Å². The predicted molar refractivity (Wildman–Crippen MR) is 97.5 cm³/mol. The lowest BCUT2D eigenvalue weighted by molar-refractivity contribution is -0.151. The van der Waals surface area contributed by atoms with Gasteiger partial charge in [-0.05, 0) is 26.7 Å². The first kappa shape index (κ1) is 18.6. The smallest absolute Gasteiger partial charge is 0.307 e. The number of carbonyl (C=O) groups excluding carboxylic acids is 1. The molecule has 1 fully saturated rings. The monoisotopic (exact) mass is 360 g/mol. The van der Waals surface area contributed by atoms with E-state index in [1.807, 2.05) is 27.9 Å². The molecule has 0 bridgehead atoms. The maximum Gasteiger partial charge on any atom is 0.307 e. The number of allylic oxidation sites excluding steroid dienone is 2. The quantitative estimate of drug-likeness (QED) is 0.806. The Hall–Kier alpha value is -2.15. The Balaban J connectivity index is 1.56. The minimum Gasteiger partial charge on any atom is -0.481 e. The summed E-state index contributed by atoms with van der Waals surface area (Å²) in [6.07, 6.45) is 6.73. The maximum absolute atomic E-state index is 12.8. The van der Waals surface area contributed by atoms with E-state index in [2.05, 4.69) is 23.8 Å². The highest BCUT2D eigenvalue weighted by Crippen LogP contribution is 2.28. The van der Waals surface area contributed by atoms with Gasteiger partial charge in [0.15, 0.2) is 0 Å². The van der Waals surface area contributed by atoms with Gasteiger partial charge in [0.1, 0.15) is 0 Å². The molecule has 0 unspecified atom stereocenters. The van der Waals surface area contributed by atoms with Crippen LogP contribution in [0.2, 0.25) is 0 Å². The number of carboxylic acid groups (broad SMARTS) is 1. The molecular formula is C19H28N4O3. The molecule has 1 saturated heterocycles. The van der Waals surface area contributed by atoms with Crippen LogP contribution in [0, 0.1) is 18.8 Å². The molecule has 142 valence electrons. The fourth-order valence-electron chi connectivity index (χ4n) is 3.92. The van der Waals surface area contributed by atoms with Gasteiger partial charge in [0.25, 0.3) is 0 Å². The second-order valence-corrected chi connectivity index (χ2v) is 7.17. The first-order valence-corrected chi connectivity index (χ1v) is 9.41. The first-order valence-electron chi connectivity index (χ1n) is 9.41. The molecule has 3 rings (SSSR count). The van der Waals surface area contributed by atoms with E-state index in [1.54, 1.807) is 0 Å². The summed E-state index contributed by atoms with van der Waals surface area (Å²) >= 11 is 0. The van der Waals surface area contributed by atoms with E-state index >= 15 is 0 Å². The number of aliphatic carboxylic acids is 1. The van der Waals surface area contributed by atoms with Gasteiger partial charge < -0.3 is 10.0 Å². The van der Waals surface area contributed by atoms with Gasteiger partial charge in [-0.2, -0.15) is 5.10 Å². The Bertz CT molecular complexity index is 689. The Morgan fingerprint density at radius 1 is 1.15 bits per heavy atom. The highest BCUT2D eigenvalue weighted by molar-refractivity contribution is 5.85. The average molecular weight is 360 g/mol. The largest absolute Gasteiger partial charge is 0.481 e. The average Bonchev–Trinajstić information content (AvgIpc) is 3.01. The van der Waals surface area contributed by atoms with Crippen molar-refractivity contribution >= 4 is 11.9 Å². The number of aryl methyl sites for hydroxylation is 1. The Labute approximate surface area is 154 Å². The van der Waals surface area contributed by atoms with Crippen molar-refractivity contribution in [3.63, 3.8) is 0 Å². The fraction of sp³-hybridized carbons (Fsp3) is 0.632. The molecule has 1 N–H and O–H groups in total. The lowest BCUT2D eigenvalue weighted by Crippen LogP contribution is -2.51. The van der Waals surface area contributed by atoms with Crippen LogP contribution in [-0.4, -0.2) is 62.7 Å². The van der Waals surface area contributed by atoms with E-state index in [4.69, 9.17) is 0 Å². The normalized spacial score (nSPS) is 24.0. The summed E-state index contributed by atoms with van der Waals surface area (Å²) in [7, 11) is 0. The zero-order chi connectivity index (χ0) is 18.7. The summed E-state index contributed by atoms with van der Waals surface area (Å²) in [6.45, 7) is 8.82. The van der Waals surface area contributed by atoms with Crippen molar-refractivity contribution in [2.75, 3.05) is 26.2 Å². The van der Waals surface area contributed by atoms with Crippen LogP contribution in [0.3, 0.4) is 0 Å². The molecule has 26 heavy (non-hydrogen) atoms. The summed E-state index contributed by atoms with van der Waals surface area (Å²) in [5.74, 6) is -1.88. The van der Waals surface area contributed by atoms with Crippen LogP contribution >= 0.6 is 0 Å². The number of hydrogen-bond acceptors (Lipinski definition) is 4. The lowest BCUT2D eigenvalue weighted by atomic mass is 9.82. The summed E-state index contributed by atoms with van der Waals surface area (Å²) in [5.41, 5.74) is 2.43. The third-order valence-electron chi connectivity index (χ3n) is 5.65. The number of hydrogen-bond donors (Lipinski definition) is 1. The number of carbonyl (C=O) groups is 2. The molecule has 1 aliphatic heterocycles. The lowest BCUT2D eigenvalue weighted by Gasteiger charge is -2.37. The van der Waals surface area contributed by atoms with Crippen LogP contribution in [0.5, 0.6) is 0 Å². The molecule has 1 aromatic heterocycles.